The molecule has 0 N–H and O–H groups in total. The van der Waals surface area contributed by atoms with Gasteiger partial charge in [-0.25, -0.2) is 0 Å². The summed E-state index contributed by atoms with van der Waals surface area (Å²) in [5, 5.41) is 4.54. The number of anilines is 1. The van der Waals surface area contributed by atoms with Crippen molar-refractivity contribution in [3.05, 3.63) is 24.0 Å². The molecule has 1 heterocycles. The summed E-state index contributed by atoms with van der Waals surface area (Å²) in [5.41, 5.74) is 2.03. The maximum absolute atomic E-state index is 12.5. The Bertz CT molecular complexity index is 505. The van der Waals surface area contributed by atoms with Crippen LogP contribution in [0, 0.1) is 0 Å². The fourth-order valence-corrected chi connectivity index (χ4v) is 2.56. The third-order valence-corrected chi connectivity index (χ3v) is 4.11. The molecule has 0 atom stereocenters. The molecule has 1 rings (SSSR count). The highest BCUT2D eigenvalue weighted by Gasteiger charge is 2.18. The average Bonchev–Trinajstić information content (AvgIpc) is 2.96. The van der Waals surface area contributed by atoms with E-state index in [-0.39, 0.29) is 5.91 Å². The standard InChI is InChI=1S/C19H33N3O/c1-6-9-11-13-16(4)21(5)18-15-17(12-8-3)20-22(18)19(23)14-10-7-2/h15H,4,6-14H2,1-3,5H3. The zero-order chi connectivity index (χ0) is 17.2. The van der Waals surface area contributed by atoms with Crippen LogP contribution in [0.2, 0.25) is 0 Å². The molecule has 4 heteroatoms. The van der Waals surface area contributed by atoms with Crippen molar-refractivity contribution in [2.75, 3.05) is 11.9 Å². The van der Waals surface area contributed by atoms with Gasteiger partial charge in [0, 0.05) is 25.2 Å². The van der Waals surface area contributed by atoms with Crippen molar-refractivity contribution in [1.29, 1.82) is 0 Å². The number of aryl methyl sites for hydroxylation is 1. The number of unbranched alkanes of at least 4 members (excludes halogenated alkanes) is 3. The van der Waals surface area contributed by atoms with E-state index in [0.29, 0.717) is 6.42 Å². The quantitative estimate of drug-likeness (QED) is 0.526. The Kier molecular flexibility index (Phi) is 8.67. The zero-order valence-electron chi connectivity index (χ0n) is 15.4. The lowest BCUT2D eigenvalue weighted by Crippen LogP contribution is -2.23. The maximum atomic E-state index is 12.5. The molecule has 0 amide bonds. The van der Waals surface area contributed by atoms with E-state index in [1.165, 1.54) is 12.8 Å². The van der Waals surface area contributed by atoms with E-state index in [1.807, 2.05) is 18.0 Å². The van der Waals surface area contributed by atoms with Gasteiger partial charge in [-0.15, -0.1) is 0 Å². The molecule has 0 saturated carbocycles. The Morgan fingerprint density at radius 1 is 1.13 bits per heavy atom. The Morgan fingerprint density at radius 3 is 2.43 bits per heavy atom. The number of carbonyl (C=O) groups is 1. The topological polar surface area (TPSA) is 38.1 Å². The molecule has 0 radical (unpaired) electrons. The summed E-state index contributed by atoms with van der Waals surface area (Å²) < 4.78 is 1.59. The van der Waals surface area contributed by atoms with Gasteiger partial charge in [0.25, 0.3) is 0 Å². The van der Waals surface area contributed by atoms with Gasteiger partial charge in [0.15, 0.2) is 0 Å². The van der Waals surface area contributed by atoms with Gasteiger partial charge in [0.2, 0.25) is 5.91 Å². The largest absolute Gasteiger partial charge is 0.334 e. The van der Waals surface area contributed by atoms with E-state index in [9.17, 15) is 4.79 Å². The van der Waals surface area contributed by atoms with Crippen LogP contribution in [0.25, 0.3) is 0 Å². The van der Waals surface area contributed by atoms with Crippen molar-refractivity contribution in [3.8, 4) is 0 Å². The summed E-state index contributed by atoms with van der Waals surface area (Å²) in [6.45, 7) is 10.6. The second kappa shape index (κ2) is 10.2. The van der Waals surface area contributed by atoms with Crippen LogP contribution in [0.4, 0.5) is 5.82 Å². The Balaban J connectivity index is 2.92. The Labute approximate surface area is 141 Å². The molecule has 0 bridgehead atoms. The van der Waals surface area contributed by atoms with Crippen molar-refractivity contribution in [1.82, 2.24) is 9.78 Å². The molecule has 130 valence electrons. The third kappa shape index (κ3) is 5.85. The van der Waals surface area contributed by atoms with Crippen LogP contribution in [0.5, 0.6) is 0 Å². The highest BCUT2D eigenvalue weighted by Crippen LogP contribution is 2.23. The van der Waals surface area contributed by atoms with Crippen LogP contribution in [0.15, 0.2) is 18.3 Å². The lowest BCUT2D eigenvalue weighted by molar-refractivity contribution is 0.0885. The Hall–Kier alpha value is -1.58. The zero-order valence-corrected chi connectivity index (χ0v) is 15.4. The van der Waals surface area contributed by atoms with E-state index < -0.39 is 0 Å². The van der Waals surface area contributed by atoms with Gasteiger partial charge in [-0.2, -0.15) is 9.78 Å². The summed E-state index contributed by atoms with van der Waals surface area (Å²) in [4.78, 5) is 14.5. The van der Waals surface area contributed by atoms with E-state index in [1.54, 1.807) is 4.68 Å². The number of nitrogens with zero attached hydrogens (tertiary/aromatic N) is 3. The fraction of sp³-hybridized carbons (Fsp3) is 0.684. The molecule has 0 fully saturated rings. The smallest absolute Gasteiger partial charge is 0.248 e. The van der Waals surface area contributed by atoms with Crippen molar-refractivity contribution in [2.45, 2.75) is 78.6 Å². The number of carbonyl (C=O) groups excluding carboxylic acids is 1. The summed E-state index contributed by atoms with van der Waals surface area (Å²) in [5.74, 6) is 0.938. The van der Waals surface area contributed by atoms with Gasteiger partial charge in [-0.05, 0) is 25.7 Å². The van der Waals surface area contributed by atoms with Crippen LogP contribution >= 0.6 is 0 Å². The fourth-order valence-electron chi connectivity index (χ4n) is 2.56. The van der Waals surface area contributed by atoms with Crippen LogP contribution in [-0.4, -0.2) is 22.7 Å². The SMILES string of the molecule is C=C(CCCCC)N(C)c1cc(CCC)nn1C(=O)CCCC. The number of aromatic nitrogens is 2. The first-order chi connectivity index (χ1) is 11.0. The summed E-state index contributed by atoms with van der Waals surface area (Å²) in [6.07, 6.45) is 8.91. The van der Waals surface area contributed by atoms with Crippen molar-refractivity contribution in [2.24, 2.45) is 0 Å². The van der Waals surface area contributed by atoms with Gasteiger partial charge in [0.1, 0.15) is 5.82 Å². The number of rotatable bonds is 11. The van der Waals surface area contributed by atoms with Gasteiger partial charge in [-0.1, -0.05) is 53.0 Å². The van der Waals surface area contributed by atoms with E-state index in [2.05, 4.69) is 32.4 Å². The van der Waals surface area contributed by atoms with Gasteiger partial charge < -0.3 is 4.90 Å². The molecule has 0 spiro atoms. The first-order valence-corrected chi connectivity index (χ1v) is 9.08. The minimum absolute atomic E-state index is 0.0809. The first-order valence-electron chi connectivity index (χ1n) is 9.08. The van der Waals surface area contributed by atoms with Crippen LogP contribution in [0.1, 0.15) is 82.6 Å². The number of allylic oxidation sites excluding steroid dienone is 1. The average molecular weight is 319 g/mol. The molecule has 0 unspecified atom stereocenters. The monoisotopic (exact) mass is 319 g/mol. The second-order valence-electron chi connectivity index (χ2n) is 6.24. The predicted octanol–water partition coefficient (Wildman–Crippen LogP) is 5.20. The molecule has 1 aromatic heterocycles. The first kappa shape index (κ1) is 19.5. The van der Waals surface area contributed by atoms with Gasteiger partial charge in [0.05, 0.1) is 5.69 Å². The molecule has 0 aliphatic heterocycles. The van der Waals surface area contributed by atoms with E-state index >= 15 is 0 Å². The van der Waals surface area contributed by atoms with Crippen LogP contribution < -0.4 is 4.90 Å². The van der Waals surface area contributed by atoms with Crippen molar-refractivity contribution in [3.63, 3.8) is 0 Å². The van der Waals surface area contributed by atoms with Gasteiger partial charge >= 0.3 is 0 Å². The van der Waals surface area contributed by atoms with E-state index in [0.717, 1.165) is 55.7 Å². The molecular weight excluding hydrogens is 286 g/mol. The van der Waals surface area contributed by atoms with E-state index in [4.69, 9.17) is 0 Å². The lowest BCUT2D eigenvalue weighted by Gasteiger charge is -2.22. The lowest BCUT2D eigenvalue weighted by atomic mass is 10.1. The minimum atomic E-state index is 0.0809. The molecule has 1 aromatic rings. The summed E-state index contributed by atoms with van der Waals surface area (Å²) in [7, 11) is 1.99. The van der Waals surface area contributed by atoms with Crippen molar-refractivity contribution >= 4 is 11.7 Å². The number of hydrogen-bond donors (Lipinski definition) is 0. The van der Waals surface area contributed by atoms with Crippen LogP contribution in [-0.2, 0) is 6.42 Å². The molecule has 0 aliphatic rings. The molecule has 23 heavy (non-hydrogen) atoms. The predicted molar refractivity (Wildman–Crippen MR) is 98.1 cm³/mol. The second-order valence-corrected chi connectivity index (χ2v) is 6.24. The Morgan fingerprint density at radius 2 is 1.83 bits per heavy atom. The minimum Gasteiger partial charge on any atom is -0.334 e. The normalized spacial score (nSPS) is 10.8. The number of hydrogen-bond acceptors (Lipinski definition) is 3. The molecule has 0 aliphatic carbocycles. The third-order valence-electron chi connectivity index (χ3n) is 4.11. The van der Waals surface area contributed by atoms with Crippen LogP contribution in [0.3, 0.4) is 0 Å². The highest BCUT2D eigenvalue weighted by atomic mass is 16.2. The van der Waals surface area contributed by atoms with Crippen molar-refractivity contribution < 1.29 is 4.79 Å². The molecular formula is C19H33N3O. The summed E-state index contributed by atoms with van der Waals surface area (Å²) >= 11 is 0. The highest BCUT2D eigenvalue weighted by molar-refractivity contribution is 5.82. The maximum Gasteiger partial charge on any atom is 0.248 e. The summed E-state index contributed by atoms with van der Waals surface area (Å²) in [6, 6.07) is 2.04. The molecule has 0 aromatic carbocycles. The molecule has 4 nitrogen and oxygen atoms in total. The molecule has 0 saturated heterocycles. The van der Waals surface area contributed by atoms with Gasteiger partial charge in [-0.3, -0.25) is 4.79 Å².